The zero-order valence-electron chi connectivity index (χ0n) is 5.67. The molecule has 12 heavy (non-hydrogen) atoms. The number of halogens is 5. The van der Waals surface area contributed by atoms with Crippen molar-refractivity contribution in [3.8, 4) is 0 Å². The van der Waals surface area contributed by atoms with Crippen molar-refractivity contribution in [2.75, 3.05) is 0 Å². The summed E-state index contributed by atoms with van der Waals surface area (Å²) in [5.41, 5.74) is -0.0486. The lowest BCUT2D eigenvalue weighted by atomic mass is 10.2. The van der Waals surface area contributed by atoms with Gasteiger partial charge in [0.05, 0.1) is 8.95 Å². The first-order valence-electron chi connectivity index (χ1n) is 2.95. The Balaban J connectivity index is 3.42. The third kappa shape index (κ3) is 1.66. The molecular weight excluding hydrogens is 301 g/mol. The summed E-state index contributed by atoms with van der Waals surface area (Å²) in [6.07, 6.45) is 0. The molecule has 0 spiro atoms. The van der Waals surface area contributed by atoms with Gasteiger partial charge in [0, 0.05) is 11.6 Å². The van der Waals surface area contributed by atoms with Gasteiger partial charge in [0.25, 0.3) is 0 Å². The smallest absolute Gasteiger partial charge is 0.140 e. The van der Waals surface area contributed by atoms with E-state index in [4.69, 9.17) is 0 Å². The number of rotatable bonds is 1. The Labute approximate surface area is 84.0 Å². The summed E-state index contributed by atoms with van der Waals surface area (Å²) < 4.78 is 37.6. The van der Waals surface area contributed by atoms with Gasteiger partial charge in [0.2, 0.25) is 0 Å². The zero-order chi connectivity index (χ0) is 9.30. The molecular formula is C7H3Br2F3. The van der Waals surface area contributed by atoms with Crippen LogP contribution in [0.15, 0.2) is 15.0 Å². The van der Waals surface area contributed by atoms with Crippen molar-refractivity contribution in [3.05, 3.63) is 32.2 Å². The molecule has 0 radical (unpaired) electrons. The molecule has 0 bridgehead atoms. The van der Waals surface area contributed by atoms with Crippen LogP contribution in [0, 0.1) is 11.6 Å². The maximum atomic E-state index is 12.7. The Bertz CT molecular complexity index is 286. The van der Waals surface area contributed by atoms with Crippen molar-refractivity contribution in [1.29, 1.82) is 0 Å². The summed E-state index contributed by atoms with van der Waals surface area (Å²) in [6, 6.07) is 0.688. The van der Waals surface area contributed by atoms with Crippen LogP contribution in [0.3, 0.4) is 0 Å². The molecule has 0 nitrogen and oxygen atoms in total. The third-order valence-corrected chi connectivity index (χ3v) is 3.05. The largest absolute Gasteiger partial charge is 0.246 e. The van der Waals surface area contributed by atoms with Crippen LogP contribution in [0.1, 0.15) is 5.56 Å². The molecule has 0 aromatic heterocycles. The highest BCUT2D eigenvalue weighted by Crippen LogP contribution is 2.31. The molecule has 1 aromatic carbocycles. The van der Waals surface area contributed by atoms with Gasteiger partial charge in [-0.1, -0.05) is 0 Å². The van der Waals surface area contributed by atoms with E-state index in [1.807, 2.05) is 0 Å². The van der Waals surface area contributed by atoms with Crippen LogP contribution in [0.25, 0.3) is 0 Å². The lowest BCUT2D eigenvalue weighted by Crippen LogP contribution is -1.92. The van der Waals surface area contributed by atoms with Crippen molar-refractivity contribution >= 4 is 31.9 Å². The Morgan fingerprint density at radius 2 is 1.50 bits per heavy atom. The van der Waals surface area contributed by atoms with Crippen LogP contribution in [-0.2, 0) is 6.67 Å². The molecule has 0 heterocycles. The van der Waals surface area contributed by atoms with Crippen LogP contribution < -0.4 is 0 Å². The van der Waals surface area contributed by atoms with Crippen molar-refractivity contribution in [2.45, 2.75) is 6.67 Å². The van der Waals surface area contributed by atoms with Crippen molar-refractivity contribution in [2.24, 2.45) is 0 Å². The Hall–Kier alpha value is -0.0300. The fraction of sp³-hybridized carbons (Fsp3) is 0.143. The normalized spacial score (nSPS) is 10.4. The first-order valence-corrected chi connectivity index (χ1v) is 4.54. The van der Waals surface area contributed by atoms with Crippen molar-refractivity contribution in [1.82, 2.24) is 0 Å². The molecule has 0 aliphatic rings. The maximum Gasteiger partial charge on any atom is 0.140 e. The molecule has 0 saturated carbocycles. The molecule has 0 amide bonds. The van der Waals surface area contributed by atoms with Gasteiger partial charge >= 0.3 is 0 Å². The lowest BCUT2D eigenvalue weighted by Gasteiger charge is -2.04. The van der Waals surface area contributed by atoms with E-state index < -0.39 is 18.3 Å². The first-order chi connectivity index (χ1) is 5.57. The molecule has 66 valence electrons. The Kier molecular flexibility index (Phi) is 3.17. The van der Waals surface area contributed by atoms with Crippen molar-refractivity contribution < 1.29 is 13.2 Å². The maximum absolute atomic E-state index is 12.7. The minimum Gasteiger partial charge on any atom is -0.246 e. The van der Waals surface area contributed by atoms with Gasteiger partial charge in [-0.2, -0.15) is 0 Å². The average molecular weight is 304 g/mol. The predicted molar refractivity (Wildman–Crippen MR) is 46.6 cm³/mol. The molecule has 0 saturated heterocycles. The van der Waals surface area contributed by atoms with E-state index in [2.05, 4.69) is 31.9 Å². The summed E-state index contributed by atoms with van der Waals surface area (Å²) in [4.78, 5) is 0. The number of benzene rings is 1. The fourth-order valence-corrected chi connectivity index (χ4v) is 1.84. The standard InChI is InChI=1S/C7H3Br2F3/c8-6-3(2-10)7(9)5(12)1-4(6)11/h1H,2H2. The topological polar surface area (TPSA) is 0 Å². The Morgan fingerprint density at radius 3 is 1.83 bits per heavy atom. The summed E-state index contributed by atoms with van der Waals surface area (Å²) in [6.45, 7) is -0.921. The molecule has 0 atom stereocenters. The minimum atomic E-state index is -0.921. The summed E-state index contributed by atoms with van der Waals surface area (Å²) in [7, 11) is 0. The van der Waals surface area contributed by atoms with Crippen molar-refractivity contribution in [3.63, 3.8) is 0 Å². The second-order valence-electron chi connectivity index (χ2n) is 2.08. The quantitative estimate of drug-likeness (QED) is 0.689. The van der Waals surface area contributed by atoms with Gasteiger partial charge < -0.3 is 0 Å². The summed E-state index contributed by atoms with van der Waals surface area (Å²) >= 11 is 5.63. The monoisotopic (exact) mass is 302 g/mol. The van der Waals surface area contributed by atoms with E-state index in [0.717, 1.165) is 0 Å². The summed E-state index contributed by atoms with van der Waals surface area (Å²) in [5, 5.41) is 0. The first kappa shape index (κ1) is 10.1. The van der Waals surface area contributed by atoms with Crippen LogP contribution in [0.5, 0.6) is 0 Å². The molecule has 0 unspecified atom stereocenters. The van der Waals surface area contributed by atoms with E-state index in [-0.39, 0.29) is 14.5 Å². The molecule has 5 heteroatoms. The van der Waals surface area contributed by atoms with Gasteiger partial charge in [0.15, 0.2) is 0 Å². The number of hydrogen-bond donors (Lipinski definition) is 0. The van der Waals surface area contributed by atoms with E-state index in [0.29, 0.717) is 6.07 Å². The van der Waals surface area contributed by atoms with Gasteiger partial charge in [0.1, 0.15) is 18.3 Å². The third-order valence-electron chi connectivity index (χ3n) is 1.34. The molecule has 0 N–H and O–H groups in total. The van der Waals surface area contributed by atoms with E-state index >= 15 is 0 Å². The number of alkyl halides is 1. The van der Waals surface area contributed by atoms with E-state index in [9.17, 15) is 13.2 Å². The van der Waals surface area contributed by atoms with Gasteiger partial charge in [-0.15, -0.1) is 0 Å². The second-order valence-corrected chi connectivity index (χ2v) is 3.67. The SMILES string of the molecule is FCc1c(Br)c(F)cc(F)c1Br. The van der Waals surface area contributed by atoms with E-state index in [1.54, 1.807) is 0 Å². The highest BCUT2D eigenvalue weighted by atomic mass is 79.9. The average Bonchev–Trinajstić information content (AvgIpc) is 2.02. The van der Waals surface area contributed by atoms with E-state index in [1.165, 1.54) is 0 Å². The minimum absolute atomic E-state index is 0.0433. The highest BCUT2D eigenvalue weighted by molar-refractivity contribution is 9.11. The fourth-order valence-electron chi connectivity index (χ4n) is 0.740. The predicted octanol–water partition coefficient (Wildman–Crippen LogP) is 3.96. The Morgan fingerprint density at radius 1 is 1.08 bits per heavy atom. The molecule has 0 aliphatic heterocycles. The van der Waals surface area contributed by atoms with Crippen LogP contribution in [-0.4, -0.2) is 0 Å². The highest BCUT2D eigenvalue weighted by Gasteiger charge is 2.14. The van der Waals surface area contributed by atoms with Crippen LogP contribution in [0.4, 0.5) is 13.2 Å². The molecule has 1 rings (SSSR count). The van der Waals surface area contributed by atoms with Gasteiger partial charge in [-0.25, -0.2) is 13.2 Å². The second kappa shape index (κ2) is 3.79. The van der Waals surface area contributed by atoms with Crippen LogP contribution in [0.2, 0.25) is 0 Å². The number of hydrogen-bond acceptors (Lipinski definition) is 0. The van der Waals surface area contributed by atoms with Gasteiger partial charge in [-0.05, 0) is 31.9 Å². The molecule has 1 aromatic rings. The molecule has 0 aliphatic carbocycles. The molecule has 0 fully saturated rings. The van der Waals surface area contributed by atoms with Crippen LogP contribution >= 0.6 is 31.9 Å². The van der Waals surface area contributed by atoms with Gasteiger partial charge in [-0.3, -0.25) is 0 Å². The lowest BCUT2D eigenvalue weighted by molar-refractivity contribution is 0.472. The summed E-state index contributed by atoms with van der Waals surface area (Å²) in [5.74, 6) is -1.60. The zero-order valence-corrected chi connectivity index (χ0v) is 8.85.